The van der Waals surface area contributed by atoms with E-state index in [0.29, 0.717) is 0 Å². The molecule has 0 saturated carbocycles. The van der Waals surface area contributed by atoms with Crippen molar-refractivity contribution < 1.29 is 4.79 Å². The second kappa shape index (κ2) is 5.15. The van der Waals surface area contributed by atoms with Gasteiger partial charge in [0.05, 0.1) is 11.9 Å². The number of hydrogen-bond donors (Lipinski definition) is 0. The van der Waals surface area contributed by atoms with Gasteiger partial charge in [0.25, 0.3) is 5.56 Å². The molecular formula is C14H21N3O2. The minimum absolute atomic E-state index is 0.0102. The van der Waals surface area contributed by atoms with Crippen molar-refractivity contribution in [1.82, 2.24) is 9.78 Å². The average molecular weight is 263 g/mol. The van der Waals surface area contributed by atoms with Crippen LogP contribution in [0.15, 0.2) is 17.1 Å². The highest BCUT2D eigenvalue weighted by molar-refractivity contribution is 5.83. The maximum atomic E-state index is 12.0. The van der Waals surface area contributed by atoms with Crippen LogP contribution in [0.5, 0.6) is 0 Å². The molecule has 0 aromatic carbocycles. The number of ketones is 1. The number of hydrogen-bond acceptors (Lipinski definition) is 4. The molecule has 0 N–H and O–H groups in total. The van der Waals surface area contributed by atoms with Crippen molar-refractivity contribution in [2.45, 2.75) is 40.2 Å². The molecule has 1 aromatic rings. The van der Waals surface area contributed by atoms with Crippen LogP contribution in [0, 0.1) is 5.41 Å². The highest BCUT2D eigenvalue weighted by Gasteiger charge is 2.22. The lowest BCUT2D eigenvalue weighted by Crippen LogP contribution is -2.32. The monoisotopic (exact) mass is 263 g/mol. The fourth-order valence-corrected chi connectivity index (χ4v) is 2.06. The molecule has 0 amide bonds. The van der Waals surface area contributed by atoms with E-state index in [0.717, 1.165) is 31.6 Å². The number of anilines is 1. The Kier molecular flexibility index (Phi) is 3.73. The largest absolute Gasteiger partial charge is 0.370 e. The second-order valence-corrected chi connectivity index (χ2v) is 6.08. The van der Waals surface area contributed by atoms with E-state index in [-0.39, 0.29) is 17.9 Å². The molecule has 0 bridgehead atoms. The summed E-state index contributed by atoms with van der Waals surface area (Å²) in [6.45, 7) is 7.54. The smallest absolute Gasteiger partial charge is 0.269 e. The van der Waals surface area contributed by atoms with E-state index in [9.17, 15) is 9.59 Å². The van der Waals surface area contributed by atoms with E-state index in [4.69, 9.17) is 0 Å². The molecule has 0 aliphatic carbocycles. The number of carbonyl (C=O) groups excluding carboxylic acids is 1. The maximum Gasteiger partial charge on any atom is 0.269 e. The molecule has 1 fully saturated rings. The lowest BCUT2D eigenvalue weighted by Gasteiger charge is -2.19. The van der Waals surface area contributed by atoms with Crippen molar-refractivity contribution in [2.75, 3.05) is 18.0 Å². The van der Waals surface area contributed by atoms with Gasteiger partial charge in [0, 0.05) is 24.6 Å². The fraction of sp³-hybridized carbons (Fsp3) is 0.643. The van der Waals surface area contributed by atoms with Gasteiger partial charge in [-0.15, -0.1) is 0 Å². The summed E-state index contributed by atoms with van der Waals surface area (Å²) in [5, 5.41) is 4.12. The third kappa shape index (κ3) is 3.22. The summed E-state index contributed by atoms with van der Waals surface area (Å²) >= 11 is 0. The highest BCUT2D eigenvalue weighted by atomic mass is 16.1. The van der Waals surface area contributed by atoms with E-state index in [1.165, 1.54) is 4.68 Å². The van der Waals surface area contributed by atoms with Gasteiger partial charge in [-0.05, 0) is 12.8 Å². The number of Topliss-reactive ketones (excluding diaryl/α,β-unsaturated/α-hetero) is 1. The standard InChI is InChI=1S/C14H21N3O2/c1-14(2,3)12(18)10-17-13(19)8-11(9-15-17)16-6-4-5-7-16/h8-9H,4-7,10H2,1-3H3. The zero-order valence-corrected chi connectivity index (χ0v) is 11.8. The zero-order chi connectivity index (χ0) is 14.0. The van der Waals surface area contributed by atoms with Crippen molar-refractivity contribution in [3.8, 4) is 0 Å². The Bertz CT molecular complexity index is 522. The van der Waals surface area contributed by atoms with Crippen LogP contribution in [-0.4, -0.2) is 28.7 Å². The van der Waals surface area contributed by atoms with Crippen molar-refractivity contribution in [3.05, 3.63) is 22.6 Å². The SMILES string of the molecule is CC(C)(C)C(=O)Cn1ncc(N2CCCC2)cc1=O. The van der Waals surface area contributed by atoms with Gasteiger partial charge in [-0.3, -0.25) is 9.59 Å². The number of carbonyl (C=O) groups is 1. The predicted molar refractivity (Wildman–Crippen MR) is 74.4 cm³/mol. The van der Waals surface area contributed by atoms with Crippen molar-refractivity contribution in [1.29, 1.82) is 0 Å². The first kappa shape index (κ1) is 13.8. The van der Waals surface area contributed by atoms with E-state index < -0.39 is 5.41 Å². The van der Waals surface area contributed by atoms with Crippen LogP contribution in [0.3, 0.4) is 0 Å². The van der Waals surface area contributed by atoms with Crippen molar-refractivity contribution in [3.63, 3.8) is 0 Å². The molecule has 0 unspecified atom stereocenters. The van der Waals surface area contributed by atoms with Gasteiger partial charge < -0.3 is 4.90 Å². The Labute approximate surface area is 113 Å². The van der Waals surface area contributed by atoms with E-state index >= 15 is 0 Å². The molecule has 5 heteroatoms. The van der Waals surface area contributed by atoms with Crippen molar-refractivity contribution in [2.24, 2.45) is 5.41 Å². The Morgan fingerprint density at radius 2 is 1.95 bits per heavy atom. The first-order chi connectivity index (χ1) is 8.88. The molecule has 104 valence electrons. The first-order valence-electron chi connectivity index (χ1n) is 6.73. The molecule has 0 spiro atoms. The fourth-order valence-electron chi connectivity index (χ4n) is 2.06. The molecule has 5 nitrogen and oxygen atoms in total. The summed E-state index contributed by atoms with van der Waals surface area (Å²) in [6, 6.07) is 1.58. The van der Waals surface area contributed by atoms with E-state index in [1.54, 1.807) is 12.3 Å². The number of aromatic nitrogens is 2. The topological polar surface area (TPSA) is 55.2 Å². The minimum atomic E-state index is -0.450. The summed E-state index contributed by atoms with van der Waals surface area (Å²) < 4.78 is 1.24. The van der Waals surface area contributed by atoms with E-state index in [2.05, 4.69) is 10.00 Å². The quantitative estimate of drug-likeness (QED) is 0.828. The van der Waals surface area contributed by atoms with Crippen molar-refractivity contribution >= 4 is 11.5 Å². The summed E-state index contributed by atoms with van der Waals surface area (Å²) in [6.07, 6.45) is 4.00. The van der Waals surface area contributed by atoms with Gasteiger partial charge in [0.1, 0.15) is 6.54 Å². The van der Waals surface area contributed by atoms with Gasteiger partial charge >= 0.3 is 0 Å². The van der Waals surface area contributed by atoms with Crippen LogP contribution < -0.4 is 10.5 Å². The minimum Gasteiger partial charge on any atom is -0.370 e. The highest BCUT2D eigenvalue weighted by Crippen LogP contribution is 2.17. The van der Waals surface area contributed by atoms with Gasteiger partial charge in [-0.25, -0.2) is 4.68 Å². The molecule has 1 aliphatic heterocycles. The second-order valence-electron chi connectivity index (χ2n) is 6.08. The normalized spacial score (nSPS) is 15.8. The molecule has 2 heterocycles. The summed E-state index contributed by atoms with van der Waals surface area (Å²) in [4.78, 5) is 26.1. The van der Waals surface area contributed by atoms with Crippen LogP contribution in [0.4, 0.5) is 5.69 Å². The zero-order valence-electron chi connectivity index (χ0n) is 11.8. The maximum absolute atomic E-state index is 12.0. The molecule has 1 aliphatic rings. The lowest BCUT2D eigenvalue weighted by molar-refractivity contribution is -0.127. The summed E-state index contributed by atoms with van der Waals surface area (Å²) in [5.41, 5.74) is 0.207. The summed E-state index contributed by atoms with van der Waals surface area (Å²) in [5.74, 6) is 0.0102. The molecule has 1 aromatic heterocycles. The van der Waals surface area contributed by atoms with Gasteiger partial charge in [-0.2, -0.15) is 5.10 Å². The third-order valence-electron chi connectivity index (χ3n) is 3.46. The van der Waals surface area contributed by atoms with Crippen LogP contribution in [0.2, 0.25) is 0 Å². The molecule has 19 heavy (non-hydrogen) atoms. The molecule has 0 radical (unpaired) electrons. The predicted octanol–water partition coefficient (Wildman–Crippen LogP) is 1.46. The Hall–Kier alpha value is -1.65. The summed E-state index contributed by atoms with van der Waals surface area (Å²) in [7, 11) is 0. The van der Waals surface area contributed by atoms with Gasteiger partial charge in [-0.1, -0.05) is 20.8 Å². The van der Waals surface area contributed by atoms with Crippen LogP contribution in [0.1, 0.15) is 33.6 Å². The van der Waals surface area contributed by atoms with E-state index in [1.807, 2.05) is 20.8 Å². The third-order valence-corrected chi connectivity index (χ3v) is 3.46. The van der Waals surface area contributed by atoms with Crippen LogP contribution in [0.25, 0.3) is 0 Å². The Balaban J connectivity index is 2.16. The Morgan fingerprint density at radius 3 is 2.47 bits per heavy atom. The van der Waals surface area contributed by atoms with Crippen LogP contribution >= 0.6 is 0 Å². The number of rotatable bonds is 3. The number of nitrogens with zero attached hydrogens (tertiary/aromatic N) is 3. The lowest BCUT2D eigenvalue weighted by atomic mass is 9.91. The first-order valence-corrected chi connectivity index (χ1v) is 6.73. The Morgan fingerprint density at radius 1 is 1.32 bits per heavy atom. The molecule has 1 saturated heterocycles. The van der Waals surface area contributed by atoms with Gasteiger partial charge in [0.2, 0.25) is 0 Å². The average Bonchev–Trinajstić information content (AvgIpc) is 2.84. The molecular weight excluding hydrogens is 242 g/mol. The van der Waals surface area contributed by atoms with Gasteiger partial charge in [0.15, 0.2) is 5.78 Å². The van der Waals surface area contributed by atoms with Crippen LogP contribution in [-0.2, 0) is 11.3 Å². The molecule has 2 rings (SSSR count). The molecule has 0 atom stereocenters.